The number of nitrogens with two attached hydrogens (primary N) is 1. The van der Waals surface area contributed by atoms with Gasteiger partial charge in [-0.15, -0.1) is 6.58 Å². The zero-order chi connectivity index (χ0) is 17.6. The molecule has 2 saturated carbocycles. The molecule has 1 spiro atoms. The standard InChI is InChI=1S/C20H26N4O/c1-3-15-9-14(13(2)20(15)6-7-20)11-22-18(25)10-16-12-23-19-17(21)5-4-8-24(16)19/h3-5,8,12-15H,1,6-7,9-11,21H2,2H3,(H,22,25)/t13?,14-,15?/m1/s1. The smallest absolute Gasteiger partial charge is 0.226 e. The second-order valence-electron chi connectivity index (χ2n) is 7.75. The number of nitrogens with zero attached hydrogens (tertiary/aromatic N) is 2. The van der Waals surface area contributed by atoms with E-state index < -0.39 is 0 Å². The molecule has 2 aliphatic rings. The molecule has 2 unspecified atom stereocenters. The highest BCUT2D eigenvalue weighted by Crippen LogP contribution is 2.66. The molecule has 5 heteroatoms. The summed E-state index contributed by atoms with van der Waals surface area (Å²) >= 11 is 0. The highest BCUT2D eigenvalue weighted by Gasteiger charge is 2.58. The van der Waals surface area contributed by atoms with Gasteiger partial charge in [0.15, 0.2) is 5.65 Å². The summed E-state index contributed by atoms with van der Waals surface area (Å²) in [4.78, 5) is 16.7. The number of amides is 1. The topological polar surface area (TPSA) is 72.4 Å². The van der Waals surface area contributed by atoms with Gasteiger partial charge in [-0.3, -0.25) is 4.79 Å². The molecular formula is C20H26N4O. The van der Waals surface area contributed by atoms with Crippen LogP contribution in [0.1, 0.15) is 31.9 Å². The predicted octanol–water partition coefficient (Wildman–Crippen LogP) is 2.81. The number of imidazole rings is 1. The Hall–Kier alpha value is -2.30. The first-order chi connectivity index (χ1) is 12.0. The first kappa shape index (κ1) is 16.2. The van der Waals surface area contributed by atoms with Gasteiger partial charge in [-0.2, -0.15) is 0 Å². The molecule has 2 aromatic heterocycles. The van der Waals surface area contributed by atoms with Crippen LogP contribution in [0.3, 0.4) is 0 Å². The third kappa shape index (κ3) is 2.62. The fourth-order valence-electron chi connectivity index (χ4n) is 4.82. The lowest BCUT2D eigenvalue weighted by Gasteiger charge is -2.21. The minimum absolute atomic E-state index is 0.0447. The van der Waals surface area contributed by atoms with E-state index in [0.29, 0.717) is 40.9 Å². The number of hydrogen-bond donors (Lipinski definition) is 2. The zero-order valence-electron chi connectivity index (χ0n) is 14.7. The van der Waals surface area contributed by atoms with Crippen molar-refractivity contribution in [1.82, 2.24) is 14.7 Å². The molecule has 1 amide bonds. The van der Waals surface area contributed by atoms with E-state index in [0.717, 1.165) is 18.7 Å². The number of aromatic nitrogens is 2. The van der Waals surface area contributed by atoms with Crippen LogP contribution in [0.5, 0.6) is 0 Å². The number of fused-ring (bicyclic) bond motifs is 1. The van der Waals surface area contributed by atoms with Crippen molar-refractivity contribution in [1.29, 1.82) is 0 Å². The molecular weight excluding hydrogens is 312 g/mol. The normalized spacial score (nSPS) is 26.8. The summed E-state index contributed by atoms with van der Waals surface area (Å²) in [7, 11) is 0. The molecule has 3 atom stereocenters. The summed E-state index contributed by atoms with van der Waals surface area (Å²) in [5.74, 6) is 1.87. The molecule has 132 valence electrons. The highest BCUT2D eigenvalue weighted by atomic mass is 16.1. The number of carbonyl (C=O) groups is 1. The number of hydrogen-bond acceptors (Lipinski definition) is 3. The maximum absolute atomic E-state index is 12.4. The van der Waals surface area contributed by atoms with E-state index >= 15 is 0 Å². The molecule has 2 fully saturated rings. The predicted molar refractivity (Wildman–Crippen MR) is 98.9 cm³/mol. The van der Waals surface area contributed by atoms with Crippen LogP contribution in [0.2, 0.25) is 0 Å². The van der Waals surface area contributed by atoms with E-state index in [9.17, 15) is 4.79 Å². The van der Waals surface area contributed by atoms with Gasteiger partial charge in [-0.05, 0) is 54.6 Å². The van der Waals surface area contributed by atoms with E-state index in [1.54, 1.807) is 6.20 Å². The largest absolute Gasteiger partial charge is 0.396 e. The van der Waals surface area contributed by atoms with E-state index in [1.807, 2.05) is 22.7 Å². The lowest BCUT2D eigenvalue weighted by molar-refractivity contribution is -0.120. The van der Waals surface area contributed by atoms with Crippen LogP contribution < -0.4 is 11.1 Å². The molecule has 5 nitrogen and oxygen atoms in total. The van der Waals surface area contributed by atoms with Crippen LogP contribution in [0.15, 0.2) is 37.2 Å². The SMILES string of the molecule is C=CC1C[C@H](CNC(=O)Cc2cnc3c(N)cccn23)C(C)C12CC2. The Labute approximate surface area is 148 Å². The van der Waals surface area contributed by atoms with E-state index in [2.05, 4.69) is 29.9 Å². The maximum Gasteiger partial charge on any atom is 0.226 e. The van der Waals surface area contributed by atoms with Crippen molar-refractivity contribution in [3.05, 3.63) is 42.9 Å². The minimum atomic E-state index is 0.0447. The fourth-order valence-corrected chi connectivity index (χ4v) is 4.82. The Bertz CT molecular complexity index is 820. The summed E-state index contributed by atoms with van der Waals surface area (Å²) < 4.78 is 1.89. The van der Waals surface area contributed by atoms with Crippen molar-refractivity contribution < 1.29 is 4.79 Å². The highest BCUT2D eigenvalue weighted by molar-refractivity contribution is 5.78. The number of anilines is 1. The Morgan fingerprint density at radius 3 is 3.04 bits per heavy atom. The van der Waals surface area contributed by atoms with Crippen molar-refractivity contribution in [2.75, 3.05) is 12.3 Å². The van der Waals surface area contributed by atoms with Gasteiger partial charge in [-0.25, -0.2) is 4.98 Å². The van der Waals surface area contributed by atoms with Gasteiger partial charge in [0.05, 0.1) is 17.8 Å². The monoisotopic (exact) mass is 338 g/mol. The molecule has 4 rings (SSSR count). The molecule has 0 aromatic carbocycles. The van der Waals surface area contributed by atoms with Crippen LogP contribution in [-0.4, -0.2) is 21.8 Å². The molecule has 2 aromatic rings. The molecule has 0 saturated heterocycles. The average molecular weight is 338 g/mol. The van der Waals surface area contributed by atoms with Crippen LogP contribution in [0.4, 0.5) is 5.69 Å². The van der Waals surface area contributed by atoms with Crippen molar-refractivity contribution in [3.8, 4) is 0 Å². The molecule has 0 aliphatic heterocycles. The van der Waals surface area contributed by atoms with Gasteiger partial charge in [-0.1, -0.05) is 13.0 Å². The molecule has 2 heterocycles. The van der Waals surface area contributed by atoms with E-state index in [4.69, 9.17) is 5.73 Å². The van der Waals surface area contributed by atoms with Crippen molar-refractivity contribution in [3.63, 3.8) is 0 Å². The van der Waals surface area contributed by atoms with Crippen molar-refractivity contribution in [2.24, 2.45) is 23.2 Å². The Morgan fingerprint density at radius 2 is 2.36 bits per heavy atom. The van der Waals surface area contributed by atoms with E-state index in [1.165, 1.54) is 12.8 Å². The fraction of sp³-hybridized carbons (Fsp3) is 0.500. The van der Waals surface area contributed by atoms with Gasteiger partial charge >= 0.3 is 0 Å². The maximum atomic E-state index is 12.4. The second-order valence-corrected chi connectivity index (χ2v) is 7.75. The van der Waals surface area contributed by atoms with Crippen molar-refractivity contribution in [2.45, 2.75) is 32.6 Å². The quantitative estimate of drug-likeness (QED) is 0.824. The molecule has 25 heavy (non-hydrogen) atoms. The number of nitrogens with one attached hydrogen (secondary N) is 1. The van der Waals surface area contributed by atoms with Crippen LogP contribution in [0, 0.1) is 23.2 Å². The van der Waals surface area contributed by atoms with Crippen LogP contribution in [0.25, 0.3) is 5.65 Å². The zero-order valence-corrected chi connectivity index (χ0v) is 14.7. The first-order valence-corrected chi connectivity index (χ1v) is 9.15. The number of pyridine rings is 1. The molecule has 3 N–H and O–H groups in total. The number of allylic oxidation sites excluding steroid dienone is 1. The third-order valence-corrected chi connectivity index (χ3v) is 6.57. The Morgan fingerprint density at radius 1 is 1.56 bits per heavy atom. The van der Waals surface area contributed by atoms with Gasteiger partial charge in [0.1, 0.15) is 0 Å². The van der Waals surface area contributed by atoms with Gasteiger partial charge in [0.25, 0.3) is 0 Å². The van der Waals surface area contributed by atoms with Crippen molar-refractivity contribution >= 4 is 17.2 Å². The molecule has 0 bridgehead atoms. The van der Waals surface area contributed by atoms with E-state index in [-0.39, 0.29) is 5.91 Å². The summed E-state index contributed by atoms with van der Waals surface area (Å²) in [5.41, 5.74) is 8.60. The lowest BCUT2D eigenvalue weighted by Crippen LogP contribution is -2.32. The van der Waals surface area contributed by atoms with Gasteiger partial charge < -0.3 is 15.5 Å². The van der Waals surface area contributed by atoms with Crippen LogP contribution >= 0.6 is 0 Å². The summed E-state index contributed by atoms with van der Waals surface area (Å²) in [6.07, 6.45) is 9.87. The summed E-state index contributed by atoms with van der Waals surface area (Å²) in [5, 5.41) is 3.14. The summed E-state index contributed by atoms with van der Waals surface area (Å²) in [6, 6.07) is 3.69. The molecule has 2 aliphatic carbocycles. The van der Waals surface area contributed by atoms with Gasteiger partial charge in [0.2, 0.25) is 5.91 Å². The lowest BCUT2D eigenvalue weighted by atomic mass is 9.85. The first-order valence-electron chi connectivity index (χ1n) is 9.15. The van der Waals surface area contributed by atoms with Gasteiger partial charge in [0, 0.05) is 18.9 Å². The average Bonchev–Trinajstić information content (AvgIpc) is 3.23. The summed E-state index contributed by atoms with van der Waals surface area (Å²) in [6.45, 7) is 7.12. The Balaban J connectivity index is 1.38. The number of carbonyl (C=O) groups excluding carboxylic acids is 1. The molecule has 0 radical (unpaired) electrons. The number of rotatable bonds is 5. The minimum Gasteiger partial charge on any atom is -0.396 e. The number of nitrogen functional groups attached to an aromatic ring is 1. The van der Waals surface area contributed by atoms with Crippen LogP contribution in [-0.2, 0) is 11.2 Å². The Kier molecular flexibility index (Phi) is 3.82. The second kappa shape index (κ2) is 5.90. The third-order valence-electron chi connectivity index (χ3n) is 6.57.